The predicted octanol–water partition coefficient (Wildman–Crippen LogP) is 3.21. The van der Waals surface area contributed by atoms with Crippen molar-refractivity contribution in [3.05, 3.63) is 24.9 Å². The first-order valence-electron chi connectivity index (χ1n) is 2.16. The van der Waals surface area contributed by atoms with Crippen molar-refractivity contribution in [2.45, 2.75) is 0 Å². The summed E-state index contributed by atoms with van der Waals surface area (Å²) < 4.78 is 3.21. The summed E-state index contributed by atoms with van der Waals surface area (Å²) in [5.74, 6) is 0. The summed E-state index contributed by atoms with van der Waals surface area (Å²) in [5, 5.41) is 0. The van der Waals surface area contributed by atoms with E-state index in [-0.39, 0.29) is 0 Å². The van der Waals surface area contributed by atoms with Crippen LogP contribution in [0.25, 0.3) is 0 Å². The normalized spacial score (nSPS) is 9.67. The maximum atomic E-state index is 3.95. The molecule has 0 aliphatic rings. The van der Waals surface area contributed by atoms with Crippen LogP contribution in [0.5, 0.6) is 0 Å². The first-order valence-corrected chi connectivity index (χ1v) is 4.83. The molecule has 0 atom stereocenters. The molecular weight excluding hydrogens is 361 g/mol. The molecule has 1 heterocycles. The first-order chi connectivity index (χ1) is 4.22. The van der Waals surface area contributed by atoms with E-state index in [1.807, 2.05) is 0 Å². The summed E-state index contributed by atoms with van der Waals surface area (Å²) in [6.45, 7) is 0. The van der Waals surface area contributed by atoms with E-state index in [9.17, 15) is 0 Å². The Hall–Kier alpha value is 0.840. The number of hydrogen-bond donors (Lipinski definition) is 0. The average Bonchev–Trinajstić information content (AvgIpc) is 1.83. The van der Waals surface area contributed by atoms with Gasteiger partial charge in [-0.05, 0) is 54.5 Å². The third-order valence-corrected chi connectivity index (χ3v) is 4.64. The Labute approximate surface area is 83.6 Å². The fourth-order valence-corrected chi connectivity index (χ4v) is 1.60. The molecule has 0 amide bonds. The molecule has 1 aromatic rings. The van der Waals surface area contributed by atoms with E-state index in [0.717, 1.165) is 12.5 Å². The van der Waals surface area contributed by atoms with Gasteiger partial charge in [0.15, 0.2) is 0 Å². The molecule has 0 saturated heterocycles. The number of aromatic nitrogens is 1. The highest BCUT2D eigenvalue weighted by Crippen LogP contribution is 2.24. The molecule has 0 unspecified atom stereocenters. The summed E-state index contributed by atoms with van der Waals surface area (Å²) in [7, 11) is 0. The second kappa shape index (κ2) is 3.30. The fraction of sp³-hybridized carbons (Fsp3) is 0. The third-order valence-electron chi connectivity index (χ3n) is 0.795. The van der Waals surface area contributed by atoms with E-state index in [2.05, 4.69) is 59.4 Å². The summed E-state index contributed by atoms with van der Waals surface area (Å²) in [6.07, 6.45) is 3.54. The minimum atomic E-state index is 1.03. The number of halogens is 3. The van der Waals surface area contributed by atoms with Gasteiger partial charge in [-0.2, -0.15) is 0 Å². The maximum Gasteiger partial charge on any atom is 0.0503 e. The Morgan fingerprint density at radius 2 is 1.67 bits per heavy atom. The van der Waals surface area contributed by atoms with Crippen molar-refractivity contribution in [1.82, 2.24) is 4.98 Å². The monoisotopic (exact) mass is 361 g/mol. The SMILES string of the molecule is Brc1cncc(Br)c1I. The van der Waals surface area contributed by atoms with Gasteiger partial charge in [0.05, 0.1) is 8.95 Å². The zero-order valence-corrected chi connectivity index (χ0v) is 9.57. The van der Waals surface area contributed by atoms with Crippen LogP contribution in [0.15, 0.2) is 21.3 Å². The van der Waals surface area contributed by atoms with Gasteiger partial charge in [0.25, 0.3) is 0 Å². The van der Waals surface area contributed by atoms with Gasteiger partial charge in [-0.1, -0.05) is 0 Å². The van der Waals surface area contributed by atoms with Gasteiger partial charge in [-0.3, -0.25) is 4.98 Å². The summed E-state index contributed by atoms with van der Waals surface area (Å²) in [6, 6.07) is 0. The lowest BCUT2D eigenvalue weighted by Crippen LogP contribution is -1.78. The highest BCUT2D eigenvalue weighted by molar-refractivity contribution is 14.1. The minimum absolute atomic E-state index is 1.03. The molecule has 9 heavy (non-hydrogen) atoms. The Morgan fingerprint density at radius 3 is 2.00 bits per heavy atom. The van der Waals surface area contributed by atoms with Crippen molar-refractivity contribution in [1.29, 1.82) is 0 Å². The number of rotatable bonds is 0. The molecule has 1 rings (SSSR count). The van der Waals surface area contributed by atoms with Gasteiger partial charge in [0.1, 0.15) is 0 Å². The highest BCUT2D eigenvalue weighted by atomic mass is 127. The molecule has 0 aliphatic heterocycles. The van der Waals surface area contributed by atoms with Crippen LogP contribution in [0.2, 0.25) is 0 Å². The molecular formula is C5H2Br2IN. The van der Waals surface area contributed by atoms with E-state index in [1.165, 1.54) is 0 Å². The molecule has 0 fully saturated rings. The quantitative estimate of drug-likeness (QED) is 0.646. The second-order valence-corrected chi connectivity index (χ2v) is 4.20. The molecule has 0 radical (unpaired) electrons. The maximum absolute atomic E-state index is 3.95. The molecule has 0 bridgehead atoms. The summed E-state index contributed by atoms with van der Waals surface area (Å²) in [4.78, 5) is 3.95. The van der Waals surface area contributed by atoms with Gasteiger partial charge >= 0.3 is 0 Å². The van der Waals surface area contributed by atoms with Crippen molar-refractivity contribution in [2.24, 2.45) is 0 Å². The van der Waals surface area contributed by atoms with Crippen molar-refractivity contribution < 1.29 is 0 Å². The van der Waals surface area contributed by atoms with Crippen LogP contribution >= 0.6 is 54.5 Å². The standard InChI is InChI=1S/C5H2Br2IN/c6-3-1-9-2-4(7)5(3)8/h1-2H. The van der Waals surface area contributed by atoms with Crippen LogP contribution in [0, 0.1) is 3.57 Å². The molecule has 0 aliphatic carbocycles. The number of hydrogen-bond acceptors (Lipinski definition) is 1. The van der Waals surface area contributed by atoms with E-state index in [4.69, 9.17) is 0 Å². The lowest BCUT2D eigenvalue weighted by molar-refractivity contribution is 1.27. The second-order valence-electron chi connectivity index (χ2n) is 1.42. The lowest BCUT2D eigenvalue weighted by Gasteiger charge is -1.94. The van der Waals surface area contributed by atoms with Gasteiger partial charge in [-0.15, -0.1) is 0 Å². The van der Waals surface area contributed by atoms with Gasteiger partial charge in [0.2, 0.25) is 0 Å². The van der Waals surface area contributed by atoms with Gasteiger partial charge in [-0.25, -0.2) is 0 Å². The smallest absolute Gasteiger partial charge is 0.0503 e. The largest absolute Gasteiger partial charge is 0.262 e. The van der Waals surface area contributed by atoms with E-state index < -0.39 is 0 Å². The third kappa shape index (κ3) is 1.88. The Balaban J connectivity index is 3.25. The highest BCUT2D eigenvalue weighted by Gasteiger charge is 1.98. The van der Waals surface area contributed by atoms with Gasteiger partial charge < -0.3 is 0 Å². The minimum Gasteiger partial charge on any atom is -0.262 e. The van der Waals surface area contributed by atoms with Crippen molar-refractivity contribution >= 4 is 54.5 Å². The van der Waals surface area contributed by atoms with E-state index in [1.54, 1.807) is 12.4 Å². The average molecular weight is 363 g/mol. The van der Waals surface area contributed by atoms with E-state index in [0.29, 0.717) is 0 Å². The van der Waals surface area contributed by atoms with Crippen LogP contribution in [0.3, 0.4) is 0 Å². The van der Waals surface area contributed by atoms with Crippen molar-refractivity contribution in [3.8, 4) is 0 Å². The van der Waals surface area contributed by atoms with Crippen LogP contribution < -0.4 is 0 Å². The molecule has 48 valence electrons. The molecule has 1 nitrogen and oxygen atoms in total. The van der Waals surface area contributed by atoms with Crippen LogP contribution in [-0.4, -0.2) is 4.98 Å². The number of nitrogens with zero attached hydrogens (tertiary/aromatic N) is 1. The predicted molar refractivity (Wildman–Crippen MR) is 52.4 cm³/mol. The molecule has 0 saturated carbocycles. The van der Waals surface area contributed by atoms with Gasteiger partial charge in [0, 0.05) is 16.0 Å². The Kier molecular flexibility index (Phi) is 2.91. The molecule has 0 aromatic carbocycles. The summed E-state index contributed by atoms with van der Waals surface area (Å²) >= 11 is 8.93. The molecule has 0 spiro atoms. The van der Waals surface area contributed by atoms with Crippen LogP contribution in [-0.2, 0) is 0 Å². The van der Waals surface area contributed by atoms with Crippen molar-refractivity contribution in [2.75, 3.05) is 0 Å². The zero-order valence-electron chi connectivity index (χ0n) is 4.24. The molecule has 1 aromatic heterocycles. The van der Waals surface area contributed by atoms with Crippen LogP contribution in [0.4, 0.5) is 0 Å². The molecule has 0 N–H and O–H groups in total. The topological polar surface area (TPSA) is 12.9 Å². The summed E-state index contributed by atoms with van der Waals surface area (Å²) in [5.41, 5.74) is 0. The first kappa shape index (κ1) is 7.94. The fourth-order valence-electron chi connectivity index (χ4n) is 0.396. The van der Waals surface area contributed by atoms with E-state index >= 15 is 0 Å². The van der Waals surface area contributed by atoms with Crippen LogP contribution in [0.1, 0.15) is 0 Å². The van der Waals surface area contributed by atoms with Crippen molar-refractivity contribution in [3.63, 3.8) is 0 Å². The lowest BCUT2D eigenvalue weighted by atomic mass is 10.5. The molecule has 4 heteroatoms. The Bertz CT molecular complexity index is 206. The number of pyridine rings is 1. The zero-order chi connectivity index (χ0) is 6.85. The Morgan fingerprint density at radius 1 is 1.22 bits per heavy atom.